The molecule has 0 spiro atoms. The van der Waals surface area contributed by atoms with E-state index in [0.717, 1.165) is 49.9 Å². The van der Waals surface area contributed by atoms with Crippen LogP contribution in [0.4, 0.5) is 0 Å². The third-order valence-corrected chi connectivity index (χ3v) is 8.18. The summed E-state index contributed by atoms with van der Waals surface area (Å²) in [6, 6.07) is 0. The number of carbonyl (C=O) groups is 1. The van der Waals surface area contributed by atoms with Crippen molar-refractivity contribution in [1.29, 1.82) is 0 Å². The van der Waals surface area contributed by atoms with Gasteiger partial charge in [0.25, 0.3) is 0 Å². The van der Waals surface area contributed by atoms with Gasteiger partial charge in [-0.05, 0) is 80.5 Å². The van der Waals surface area contributed by atoms with Crippen molar-refractivity contribution in [3.63, 3.8) is 0 Å². The summed E-state index contributed by atoms with van der Waals surface area (Å²) in [5.41, 5.74) is 0.387. The first-order valence-corrected chi connectivity index (χ1v) is 9.15. The van der Waals surface area contributed by atoms with Crippen molar-refractivity contribution in [3.8, 4) is 0 Å². The lowest BCUT2D eigenvalue weighted by molar-refractivity contribution is -0.138. The Hall–Kier alpha value is -0.370. The van der Waals surface area contributed by atoms with Crippen LogP contribution in [0.25, 0.3) is 0 Å². The second kappa shape index (κ2) is 4.57. The fourth-order valence-electron chi connectivity index (χ4n) is 7.03. The van der Waals surface area contributed by atoms with Gasteiger partial charge >= 0.3 is 0 Å². The van der Waals surface area contributed by atoms with E-state index in [2.05, 4.69) is 13.8 Å². The molecule has 0 aromatic carbocycles. The normalized spacial score (nSPS) is 56.5. The molecule has 2 heteroatoms. The quantitative estimate of drug-likeness (QED) is 0.733. The van der Waals surface area contributed by atoms with Crippen molar-refractivity contribution < 1.29 is 9.90 Å². The number of hydrogen-bond acceptors (Lipinski definition) is 2. The minimum absolute atomic E-state index is 0.0170. The number of fused-ring (bicyclic) bond motifs is 5. The molecule has 4 fully saturated rings. The van der Waals surface area contributed by atoms with Crippen LogP contribution in [0.15, 0.2) is 0 Å². The van der Waals surface area contributed by atoms with Crippen LogP contribution < -0.4 is 0 Å². The lowest BCUT2D eigenvalue weighted by atomic mass is 9.46. The van der Waals surface area contributed by atoms with Gasteiger partial charge in [-0.2, -0.15) is 0 Å². The number of ketones is 1. The third-order valence-electron chi connectivity index (χ3n) is 8.18. The van der Waals surface area contributed by atoms with E-state index < -0.39 is 0 Å². The van der Waals surface area contributed by atoms with Crippen molar-refractivity contribution in [1.82, 2.24) is 0 Å². The number of hydrogen-bond donors (Lipinski definition) is 1. The summed E-state index contributed by atoms with van der Waals surface area (Å²) in [7, 11) is 0. The highest BCUT2D eigenvalue weighted by Crippen LogP contribution is 2.64. The molecule has 21 heavy (non-hydrogen) atoms. The average Bonchev–Trinajstić information content (AvgIpc) is 2.73. The first-order valence-electron chi connectivity index (χ1n) is 9.15. The first-order chi connectivity index (χ1) is 9.94. The highest BCUT2D eigenvalue weighted by Gasteiger charge is 2.58. The van der Waals surface area contributed by atoms with Crippen LogP contribution in [0.5, 0.6) is 0 Å². The summed E-state index contributed by atoms with van der Waals surface area (Å²) in [6.07, 6.45) is 10.1. The van der Waals surface area contributed by atoms with Crippen LogP contribution in [0.2, 0.25) is 0 Å². The molecule has 4 aliphatic rings. The molecule has 0 radical (unpaired) electrons. The highest BCUT2D eigenvalue weighted by atomic mass is 16.3. The summed E-state index contributed by atoms with van der Waals surface area (Å²) in [5.74, 6) is 3.65. The molecular weight excluding hydrogens is 260 g/mol. The lowest BCUT2D eigenvalue weighted by Crippen LogP contribution is -2.52. The second-order valence-corrected chi connectivity index (χ2v) is 9.09. The predicted octanol–water partition coefficient (Wildman–Crippen LogP) is 3.96. The Balaban J connectivity index is 1.62. The topological polar surface area (TPSA) is 37.3 Å². The zero-order chi connectivity index (χ0) is 14.8. The minimum Gasteiger partial charge on any atom is -0.393 e. The summed E-state index contributed by atoms with van der Waals surface area (Å²) < 4.78 is 0. The molecule has 1 N–H and O–H groups in total. The Kier molecular flexibility index (Phi) is 3.10. The number of aliphatic hydroxyl groups is 1. The molecule has 0 saturated heterocycles. The van der Waals surface area contributed by atoms with Gasteiger partial charge in [0.15, 0.2) is 0 Å². The van der Waals surface area contributed by atoms with E-state index in [-0.39, 0.29) is 11.5 Å². The summed E-state index contributed by atoms with van der Waals surface area (Å²) >= 11 is 0. The van der Waals surface area contributed by atoms with Gasteiger partial charge < -0.3 is 5.11 Å². The molecule has 0 unspecified atom stereocenters. The zero-order valence-electron chi connectivity index (χ0n) is 13.6. The molecule has 4 aliphatic carbocycles. The molecule has 0 aromatic heterocycles. The maximum atomic E-state index is 12.4. The summed E-state index contributed by atoms with van der Waals surface area (Å²) in [6.45, 7) is 4.70. The van der Waals surface area contributed by atoms with Gasteiger partial charge in [-0.15, -0.1) is 0 Å². The van der Waals surface area contributed by atoms with Crippen LogP contribution in [-0.4, -0.2) is 17.0 Å². The Morgan fingerprint density at radius 3 is 2.48 bits per heavy atom. The average molecular weight is 290 g/mol. The monoisotopic (exact) mass is 290 g/mol. The van der Waals surface area contributed by atoms with Crippen LogP contribution in [0, 0.1) is 34.5 Å². The van der Waals surface area contributed by atoms with Gasteiger partial charge in [0.05, 0.1) is 6.10 Å². The number of aliphatic hydroxyl groups excluding tert-OH is 1. The van der Waals surface area contributed by atoms with Crippen LogP contribution in [0.3, 0.4) is 0 Å². The zero-order valence-corrected chi connectivity index (χ0v) is 13.6. The third kappa shape index (κ3) is 1.90. The van der Waals surface area contributed by atoms with E-state index in [0.29, 0.717) is 17.1 Å². The Labute approximate surface area is 128 Å². The number of carbonyl (C=O) groups excluding carboxylic acids is 1. The molecule has 0 bridgehead atoms. The maximum Gasteiger partial charge on any atom is 0.139 e. The van der Waals surface area contributed by atoms with Crippen molar-refractivity contribution in [2.45, 2.75) is 77.7 Å². The van der Waals surface area contributed by atoms with Crippen molar-refractivity contribution in [2.75, 3.05) is 0 Å². The SMILES string of the molecule is C[C@]12CC[C@@H]3[C@H](CC[C@]4(C)C(=O)CC[C@@H]34)[C@H]1CC[C@H](O)C2. The van der Waals surface area contributed by atoms with E-state index in [1.54, 1.807) is 0 Å². The molecular formula is C19H30O2. The van der Waals surface area contributed by atoms with Crippen LogP contribution in [-0.2, 0) is 4.79 Å². The van der Waals surface area contributed by atoms with Crippen molar-refractivity contribution in [3.05, 3.63) is 0 Å². The minimum atomic E-state index is -0.0651. The predicted molar refractivity (Wildman–Crippen MR) is 82.7 cm³/mol. The Morgan fingerprint density at radius 1 is 0.952 bits per heavy atom. The molecule has 4 rings (SSSR count). The Bertz CT molecular complexity index is 458. The van der Waals surface area contributed by atoms with Crippen LogP contribution >= 0.6 is 0 Å². The summed E-state index contributed by atoms with van der Waals surface area (Å²) in [5, 5.41) is 10.1. The molecule has 0 aromatic rings. The smallest absolute Gasteiger partial charge is 0.139 e. The molecule has 7 atom stereocenters. The summed E-state index contributed by atoms with van der Waals surface area (Å²) in [4.78, 5) is 12.4. The first kappa shape index (κ1) is 14.2. The maximum absolute atomic E-state index is 12.4. The largest absolute Gasteiger partial charge is 0.393 e. The van der Waals surface area contributed by atoms with E-state index in [4.69, 9.17) is 0 Å². The lowest BCUT2D eigenvalue weighted by Gasteiger charge is -2.58. The van der Waals surface area contributed by atoms with Gasteiger partial charge in [-0.25, -0.2) is 0 Å². The standard InChI is InChI=1S/C19H30O2/c1-18-9-7-14-13(15(18)4-3-12(20)11-18)8-10-19(2)16(14)5-6-17(19)21/h12-16,20H,3-11H2,1-2H3/t12-,13-,14+,15+,16-,18+,19-/m0/s1. The van der Waals surface area contributed by atoms with Crippen LogP contribution in [0.1, 0.15) is 71.6 Å². The van der Waals surface area contributed by atoms with Crippen molar-refractivity contribution in [2.24, 2.45) is 34.5 Å². The van der Waals surface area contributed by atoms with Crippen molar-refractivity contribution >= 4 is 5.78 Å². The second-order valence-electron chi connectivity index (χ2n) is 9.09. The highest BCUT2D eigenvalue weighted by molar-refractivity contribution is 5.87. The van der Waals surface area contributed by atoms with Gasteiger partial charge in [0, 0.05) is 11.8 Å². The van der Waals surface area contributed by atoms with Gasteiger partial charge in [-0.3, -0.25) is 4.79 Å². The van der Waals surface area contributed by atoms with Gasteiger partial charge in [0.1, 0.15) is 5.78 Å². The number of Topliss-reactive ketones (excluding diaryl/α,β-unsaturated/α-hetero) is 1. The molecule has 0 amide bonds. The fraction of sp³-hybridized carbons (Fsp3) is 0.947. The van der Waals surface area contributed by atoms with Gasteiger partial charge in [-0.1, -0.05) is 13.8 Å². The number of rotatable bonds is 0. The fourth-order valence-corrected chi connectivity index (χ4v) is 7.03. The molecule has 118 valence electrons. The van der Waals surface area contributed by atoms with E-state index >= 15 is 0 Å². The molecule has 0 heterocycles. The molecule has 4 saturated carbocycles. The Morgan fingerprint density at radius 2 is 1.67 bits per heavy atom. The van der Waals surface area contributed by atoms with E-state index in [9.17, 15) is 9.90 Å². The van der Waals surface area contributed by atoms with Gasteiger partial charge in [0.2, 0.25) is 0 Å². The van der Waals surface area contributed by atoms with E-state index in [1.807, 2.05) is 0 Å². The van der Waals surface area contributed by atoms with E-state index in [1.165, 1.54) is 25.7 Å². The molecule has 2 nitrogen and oxygen atoms in total. The molecule has 0 aliphatic heterocycles.